The van der Waals surface area contributed by atoms with Gasteiger partial charge in [-0.25, -0.2) is 4.68 Å². The summed E-state index contributed by atoms with van der Waals surface area (Å²) < 4.78 is 1.43. The van der Waals surface area contributed by atoms with E-state index in [0.717, 1.165) is 0 Å². The van der Waals surface area contributed by atoms with E-state index >= 15 is 0 Å². The van der Waals surface area contributed by atoms with Crippen molar-refractivity contribution in [1.82, 2.24) is 9.78 Å². The molecule has 5 rings (SSSR count). The summed E-state index contributed by atoms with van der Waals surface area (Å²) in [6.07, 6.45) is 1.31. The van der Waals surface area contributed by atoms with Crippen LogP contribution in [0.4, 0.5) is 17.2 Å². The molecule has 176 valence electrons. The lowest BCUT2D eigenvalue weighted by Gasteiger charge is -2.11. The second-order valence-electron chi connectivity index (χ2n) is 7.86. The standard InChI is InChI=1S/C27H20N6O3/c28-25(35)22-16-29-33(19-12-5-2-6-13-19)26(22)32-31-23-20-14-8-7-9-17(20)15-21(24(23)34)27(36)30-18-10-3-1-4-11-18/h1-16,34H,(H2,28,35)(H,30,36). The molecule has 0 aliphatic heterocycles. The van der Waals surface area contributed by atoms with E-state index in [2.05, 4.69) is 20.6 Å². The average molecular weight is 476 g/mol. The van der Waals surface area contributed by atoms with Gasteiger partial charge in [0, 0.05) is 11.1 Å². The Morgan fingerprint density at radius 2 is 1.53 bits per heavy atom. The number of primary amides is 1. The Balaban J connectivity index is 1.63. The van der Waals surface area contributed by atoms with Crippen LogP contribution in [0.15, 0.2) is 107 Å². The summed E-state index contributed by atoms with van der Waals surface area (Å²) in [6.45, 7) is 0. The molecule has 0 aliphatic rings. The van der Waals surface area contributed by atoms with E-state index < -0.39 is 11.8 Å². The molecule has 36 heavy (non-hydrogen) atoms. The van der Waals surface area contributed by atoms with Crippen LogP contribution in [-0.2, 0) is 0 Å². The highest BCUT2D eigenvalue weighted by Crippen LogP contribution is 2.40. The number of hydrogen-bond donors (Lipinski definition) is 3. The second kappa shape index (κ2) is 9.51. The Hall–Kier alpha value is -5.31. The van der Waals surface area contributed by atoms with Crippen molar-refractivity contribution in [3.63, 3.8) is 0 Å². The van der Waals surface area contributed by atoms with Crippen molar-refractivity contribution in [3.05, 3.63) is 108 Å². The van der Waals surface area contributed by atoms with E-state index in [1.165, 1.54) is 10.9 Å². The van der Waals surface area contributed by atoms with Gasteiger partial charge in [-0.15, -0.1) is 10.2 Å². The average Bonchev–Trinajstić information content (AvgIpc) is 3.33. The zero-order chi connectivity index (χ0) is 25.1. The maximum Gasteiger partial charge on any atom is 0.259 e. The number of aromatic nitrogens is 2. The number of amides is 2. The number of rotatable bonds is 6. The monoisotopic (exact) mass is 476 g/mol. The van der Waals surface area contributed by atoms with Crippen molar-refractivity contribution in [2.75, 3.05) is 5.32 Å². The number of fused-ring (bicyclic) bond motifs is 1. The molecule has 5 aromatic rings. The zero-order valence-corrected chi connectivity index (χ0v) is 18.9. The van der Waals surface area contributed by atoms with Crippen LogP contribution in [0, 0.1) is 0 Å². The Labute approximate surface area is 205 Å². The van der Waals surface area contributed by atoms with Crippen LogP contribution >= 0.6 is 0 Å². The SMILES string of the molecule is NC(=O)c1cnn(-c2ccccc2)c1N=Nc1c(O)c(C(=O)Nc2ccccc2)cc2ccccc12. The van der Waals surface area contributed by atoms with Crippen molar-refractivity contribution in [2.24, 2.45) is 16.0 Å². The first-order valence-corrected chi connectivity index (χ1v) is 11.0. The number of nitrogens with two attached hydrogens (primary N) is 1. The fourth-order valence-electron chi connectivity index (χ4n) is 3.78. The van der Waals surface area contributed by atoms with Crippen molar-refractivity contribution >= 4 is 39.8 Å². The molecule has 0 fully saturated rings. The Morgan fingerprint density at radius 1 is 0.861 bits per heavy atom. The predicted molar refractivity (Wildman–Crippen MR) is 136 cm³/mol. The molecule has 9 heteroatoms. The van der Waals surface area contributed by atoms with Crippen LogP contribution in [0.3, 0.4) is 0 Å². The summed E-state index contributed by atoms with van der Waals surface area (Å²) in [6, 6.07) is 26.7. The minimum atomic E-state index is -0.726. The summed E-state index contributed by atoms with van der Waals surface area (Å²) in [5, 5.41) is 27.9. The van der Waals surface area contributed by atoms with E-state index in [0.29, 0.717) is 22.1 Å². The number of carbonyl (C=O) groups excluding carboxylic acids is 2. The molecule has 9 nitrogen and oxygen atoms in total. The molecule has 1 aromatic heterocycles. The number of nitrogens with one attached hydrogen (secondary N) is 1. The van der Waals surface area contributed by atoms with Gasteiger partial charge in [0.1, 0.15) is 11.3 Å². The van der Waals surface area contributed by atoms with Crippen LogP contribution in [0.25, 0.3) is 16.5 Å². The largest absolute Gasteiger partial charge is 0.505 e. The summed E-state index contributed by atoms with van der Waals surface area (Å²) in [7, 11) is 0. The number of benzene rings is 4. The first kappa shape index (κ1) is 22.5. The molecule has 0 saturated heterocycles. The maximum absolute atomic E-state index is 13.0. The number of carbonyl (C=O) groups is 2. The van der Waals surface area contributed by atoms with Gasteiger partial charge < -0.3 is 16.2 Å². The number of azo groups is 1. The summed E-state index contributed by atoms with van der Waals surface area (Å²) in [5.74, 6) is -1.49. The molecule has 0 bridgehead atoms. The lowest BCUT2D eigenvalue weighted by atomic mass is 10.0. The van der Waals surface area contributed by atoms with Crippen molar-refractivity contribution in [3.8, 4) is 11.4 Å². The van der Waals surface area contributed by atoms with Crippen molar-refractivity contribution in [2.45, 2.75) is 0 Å². The van der Waals surface area contributed by atoms with E-state index in [1.807, 2.05) is 30.3 Å². The fraction of sp³-hybridized carbons (Fsp3) is 0. The molecule has 0 saturated carbocycles. The van der Waals surface area contributed by atoms with Gasteiger partial charge in [-0.3, -0.25) is 9.59 Å². The van der Waals surface area contributed by atoms with E-state index in [4.69, 9.17) is 5.73 Å². The lowest BCUT2D eigenvalue weighted by Crippen LogP contribution is -2.12. The topological polar surface area (TPSA) is 135 Å². The zero-order valence-electron chi connectivity index (χ0n) is 18.9. The maximum atomic E-state index is 13.0. The van der Waals surface area contributed by atoms with Gasteiger partial charge in [-0.2, -0.15) is 5.10 Å². The molecule has 0 unspecified atom stereocenters. The highest BCUT2D eigenvalue weighted by molar-refractivity contribution is 6.11. The van der Waals surface area contributed by atoms with Crippen LogP contribution in [0.1, 0.15) is 20.7 Å². The minimum absolute atomic E-state index is 0.0261. The smallest absolute Gasteiger partial charge is 0.259 e. The minimum Gasteiger partial charge on any atom is -0.505 e. The Bertz CT molecular complexity index is 1610. The molecule has 0 aliphatic carbocycles. The van der Waals surface area contributed by atoms with Gasteiger partial charge in [0.25, 0.3) is 11.8 Å². The molecule has 4 aromatic carbocycles. The molecule has 4 N–H and O–H groups in total. The van der Waals surface area contributed by atoms with Gasteiger partial charge in [0.05, 0.1) is 17.4 Å². The quantitative estimate of drug-likeness (QED) is 0.279. The molecule has 2 amide bonds. The number of phenols is 1. The summed E-state index contributed by atoms with van der Waals surface area (Å²) in [5.41, 5.74) is 6.92. The number of aromatic hydroxyl groups is 1. The van der Waals surface area contributed by atoms with Gasteiger partial charge in [-0.05, 0) is 35.7 Å². The van der Waals surface area contributed by atoms with Gasteiger partial charge >= 0.3 is 0 Å². The van der Waals surface area contributed by atoms with Crippen LogP contribution in [0.2, 0.25) is 0 Å². The first-order chi connectivity index (χ1) is 17.5. The van der Waals surface area contributed by atoms with Gasteiger partial charge in [-0.1, -0.05) is 60.7 Å². The number of anilines is 1. The fourth-order valence-corrected chi connectivity index (χ4v) is 3.78. The third-order valence-corrected chi connectivity index (χ3v) is 5.53. The number of hydrogen-bond acceptors (Lipinski definition) is 6. The third-order valence-electron chi connectivity index (χ3n) is 5.53. The summed E-state index contributed by atoms with van der Waals surface area (Å²) in [4.78, 5) is 25.1. The van der Waals surface area contributed by atoms with Crippen LogP contribution in [0.5, 0.6) is 5.75 Å². The second-order valence-corrected chi connectivity index (χ2v) is 7.86. The normalized spacial score (nSPS) is 11.1. The van der Waals surface area contributed by atoms with Gasteiger partial charge in [0.2, 0.25) is 0 Å². The number of nitrogens with zero attached hydrogens (tertiary/aromatic N) is 4. The number of phenolic OH excluding ortho intramolecular Hbond substituents is 1. The van der Waals surface area contributed by atoms with Gasteiger partial charge in [0.15, 0.2) is 11.6 Å². The molecular formula is C27H20N6O3. The Morgan fingerprint density at radius 3 is 2.25 bits per heavy atom. The molecule has 0 radical (unpaired) electrons. The van der Waals surface area contributed by atoms with Crippen LogP contribution in [-0.4, -0.2) is 26.7 Å². The molecular weight excluding hydrogens is 456 g/mol. The highest BCUT2D eigenvalue weighted by atomic mass is 16.3. The highest BCUT2D eigenvalue weighted by Gasteiger charge is 2.20. The van der Waals surface area contributed by atoms with Crippen molar-refractivity contribution in [1.29, 1.82) is 0 Å². The van der Waals surface area contributed by atoms with E-state index in [1.54, 1.807) is 60.7 Å². The van der Waals surface area contributed by atoms with E-state index in [9.17, 15) is 14.7 Å². The first-order valence-electron chi connectivity index (χ1n) is 11.0. The third kappa shape index (κ3) is 4.28. The predicted octanol–water partition coefficient (Wildman–Crippen LogP) is 5.50. The molecule has 1 heterocycles. The summed E-state index contributed by atoms with van der Waals surface area (Å²) >= 11 is 0. The lowest BCUT2D eigenvalue weighted by molar-refractivity contribution is 0.0997. The van der Waals surface area contributed by atoms with E-state index in [-0.39, 0.29) is 28.4 Å². The Kier molecular flexibility index (Phi) is 5.94. The number of para-hydroxylation sites is 2. The van der Waals surface area contributed by atoms with Crippen molar-refractivity contribution < 1.29 is 14.7 Å². The van der Waals surface area contributed by atoms with Crippen LogP contribution < -0.4 is 11.1 Å². The molecule has 0 spiro atoms. The molecule has 0 atom stereocenters.